The van der Waals surface area contributed by atoms with Gasteiger partial charge in [-0.25, -0.2) is 0 Å². The molecule has 0 radical (unpaired) electrons. The van der Waals surface area contributed by atoms with E-state index < -0.39 is 0 Å². The van der Waals surface area contributed by atoms with Crippen molar-refractivity contribution in [2.45, 2.75) is 44.3 Å². The molecule has 6 heteroatoms. The molecule has 2 heterocycles. The minimum absolute atomic E-state index is 0.183. The molecule has 1 aromatic heterocycles. The maximum atomic E-state index is 4.00. The van der Waals surface area contributed by atoms with Crippen molar-refractivity contribution in [3.05, 3.63) is 5.82 Å². The van der Waals surface area contributed by atoms with E-state index in [0.717, 1.165) is 11.9 Å². The molecular weight excluding hydrogens is 204 g/mol. The van der Waals surface area contributed by atoms with Crippen molar-refractivity contribution in [2.24, 2.45) is 0 Å². The van der Waals surface area contributed by atoms with Gasteiger partial charge in [-0.3, -0.25) is 4.90 Å². The molecule has 2 unspecified atom stereocenters. The number of H-pyrrole nitrogens is 1. The number of hydrogen-bond donors (Lipinski definition) is 2. The summed E-state index contributed by atoms with van der Waals surface area (Å²) < 4.78 is 0. The second-order valence-corrected chi connectivity index (χ2v) is 4.87. The number of nitrogens with one attached hydrogen (secondary N) is 2. The molecule has 16 heavy (non-hydrogen) atoms. The van der Waals surface area contributed by atoms with Crippen LogP contribution in [0.4, 0.5) is 0 Å². The first kappa shape index (κ1) is 10.2. The molecule has 0 spiro atoms. The lowest BCUT2D eigenvalue weighted by atomic mass is 10.2. The third-order valence-corrected chi connectivity index (χ3v) is 3.52. The molecule has 2 aliphatic rings. The third kappa shape index (κ3) is 2.08. The minimum atomic E-state index is 0.183. The van der Waals surface area contributed by atoms with Gasteiger partial charge >= 0.3 is 0 Å². The predicted octanol–water partition coefficient (Wildman–Crippen LogP) is 0.0870. The Bertz CT molecular complexity index is 333. The van der Waals surface area contributed by atoms with E-state index >= 15 is 0 Å². The highest BCUT2D eigenvalue weighted by molar-refractivity contribution is 4.95. The topological polar surface area (TPSA) is 69.7 Å². The number of aromatic nitrogens is 4. The van der Waals surface area contributed by atoms with E-state index in [1.54, 1.807) is 0 Å². The van der Waals surface area contributed by atoms with Crippen LogP contribution in [0, 0.1) is 0 Å². The molecule has 0 amide bonds. The summed E-state index contributed by atoms with van der Waals surface area (Å²) in [5.74, 6) is 0.755. The summed E-state index contributed by atoms with van der Waals surface area (Å²) in [4.78, 5) is 2.60. The molecule has 1 aromatic rings. The fraction of sp³-hybridized carbons (Fsp3) is 0.900. The van der Waals surface area contributed by atoms with E-state index in [9.17, 15) is 0 Å². The lowest BCUT2D eigenvalue weighted by molar-refractivity contribution is 0.313. The summed E-state index contributed by atoms with van der Waals surface area (Å²) in [6.07, 6.45) is 4.03. The Labute approximate surface area is 94.8 Å². The quantitative estimate of drug-likeness (QED) is 0.755. The van der Waals surface area contributed by atoms with E-state index in [4.69, 9.17) is 0 Å². The van der Waals surface area contributed by atoms with Crippen LogP contribution in [0.3, 0.4) is 0 Å². The van der Waals surface area contributed by atoms with Gasteiger partial charge in [0.1, 0.15) is 0 Å². The first-order chi connectivity index (χ1) is 7.83. The van der Waals surface area contributed by atoms with Gasteiger partial charge in [-0.1, -0.05) is 5.21 Å². The molecule has 1 aliphatic heterocycles. The average molecular weight is 222 g/mol. The van der Waals surface area contributed by atoms with Crippen molar-refractivity contribution in [1.82, 2.24) is 30.8 Å². The molecule has 2 N–H and O–H groups in total. The molecule has 2 atom stereocenters. The molecule has 88 valence electrons. The smallest absolute Gasteiger partial charge is 0.191 e. The van der Waals surface area contributed by atoms with Gasteiger partial charge in [0.2, 0.25) is 0 Å². The molecule has 1 saturated heterocycles. The maximum absolute atomic E-state index is 4.00. The monoisotopic (exact) mass is 222 g/mol. The van der Waals surface area contributed by atoms with Crippen molar-refractivity contribution in [2.75, 3.05) is 13.1 Å². The van der Waals surface area contributed by atoms with E-state index in [0.29, 0.717) is 6.04 Å². The van der Waals surface area contributed by atoms with Crippen molar-refractivity contribution >= 4 is 0 Å². The number of tetrazole rings is 1. The Kier molecular flexibility index (Phi) is 2.61. The molecular formula is C10H18N6. The molecule has 0 aromatic carbocycles. The highest BCUT2D eigenvalue weighted by Crippen LogP contribution is 2.30. The first-order valence-electron chi connectivity index (χ1n) is 6.06. The highest BCUT2D eigenvalue weighted by atomic mass is 15.5. The zero-order chi connectivity index (χ0) is 11.0. The Hall–Kier alpha value is -1.01. The van der Waals surface area contributed by atoms with Crippen molar-refractivity contribution in [3.63, 3.8) is 0 Å². The van der Waals surface area contributed by atoms with Gasteiger partial charge in [0, 0.05) is 25.2 Å². The van der Waals surface area contributed by atoms with Crippen molar-refractivity contribution in [1.29, 1.82) is 0 Å². The predicted molar refractivity (Wildman–Crippen MR) is 58.7 cm³/mol. The van der Waals surface area contributed by atoms with Crippen LogP contribution in [-0.2, 0) is 0 Å². The zero-order valence-corrected chi connectivity index (χ0v) is 9.56. The fourth-order valence-corrected chi connectivity index (χ4v) is 2.48. The SMILES string of the molecule is CC(NC1CCN(C2CC2)C1)c1nn[nH]n1. The van der Waals surface area contributed by atoms with Crippen LogP contribution in [0.1, 0.15) is 38.1 Å². The second-order valence-electron chi connectivity index (χ2n) is 4.87. The molecule has 1 aliphatic carbocycles. The average Bonchev–Trinajstić information content (AvgIpc) is 2.82. The molecule has 0 bridgehead atoms. The van der Waals surface area contributed by atoms with Crippen molar-refractivity contribution in [3.8, 4) is 0 Å². The first-order valence-corrected chi connectivity index (χ1v) is 6.06. The third-order valence-electron chi connectivity index (χ3n) is 3.52. The Morgan fingerprint density at radius 3 is 3.00 bits per heavy atom. The van der Waals surface area contributed by atoms with Gasteiger partial charge in [0.15, 0.2) is 5.82 Å². The fourth-order valence-electron chi connectivity index (χ4n) is 2.48. The molecule has 3 rings (SSSR count). The van der Waals surface area contributed by atoms with Crippen LogP contribution in [0.25, 0.3) is 0 Å². The van der Waals surface area contributed by atoms with E-state index in [-0.39, 0.29) is 6.04 Å². The number of aromatic amines is 1. The van der Waals surface area contributed by atoms with E-state index in [1.807, 2.05) is 0 Å². The summed E-state index contributed by atoms with van der Waals surface area (Å²) >= 11 is 0. The Morgan fingerprint density at radius 1 is 1.44 bits per heavy atom. The van der Waals surface area contributed by atoms with Crippen LogP contribution < -0.4 is 5.32 Å². The van der Waals surface area contributed by atoms with Crippen LogP contribution >= 0.6 is 0 Å². The lowest BCUT2D eigenvalue weighted by Gasteiger charge is -2.18. The standard InChI is InChI=1S/C10H18N6/c1-7(10-12-14-15-13-10)11-8-4-5-16(6-8)9-2-3-9/h7-9,11H,2-6H2,1H3,(H,12,13,14,15). The lowest BCUT2D eigenvalue weighted by Crippen LogP contribution is -2.35. The normalized spacial score (nSPS) is 28.4. The number of hydrogen-bond acceptors (Lipinski definition) is 5. The molecule has 1 saturated carbocycles. The van der Waals surface area contributed by atoms with Crippen LogP contribution in [-0.4, -0.2) is 50.7 Å². The van der Waals surface area contributed by atoms with Gasteiger partial charge in [-0.05, 0) is 26.2 Å². The van der Waals surface area contributed by atoms with Gasteiger partial charge in [0.05, 0.1) is 6.04 Å². The van der Waals surface area contributed by atoms with Crippen molar-refractivity contribution < 1.29 is 0 Å². The van der Waals surface area contributed by atoms with Gasteiger partial charge in [-0.2, -0.15) is 5.21 Å². The van der Waals surface area contributed by atoms with Crippen LogP contribution in [0.15, 0.2) is 0 Å². The number of rotatable bonds is 4. The summed E-state index contributed by atoms with van der Waals surface area (Å²) in [5.41, 5.74) is 0. The maximum Gasteiger partial charge on any atom is 0.191 e. The Morgan fingerprint density at radius 2 is 2.31 bits per heavy atom. The largest absolute Gasteiger partial charge is 0.303 e. The Balaban J connectivity index is 1.51. The van der Waals surface area contributed by atoms with E-state index in [2.05, 4.69) is 37.8 Å². The second kappa shape index (κ2) is 4.10. The van der Waals surface area contributed by atoms with Gasteiger partial charge < -0.3 is 5.32 Å². The molecule has 6 nitrogen and oxygen atoms in total. The summed E-state index contributed by atoms with van der Waals surface area (Å²) in [5, 5.41) is 17.6. The summed E-state index contributed by atoms with van der Waals surface area (Å²) in [7, 11) is 0. The summed E-state index contributed by atoms with van der Waals surface area (Å²) in [6, 6.07) is 1.64. The molecule has 2 fully saturated rings. The summed E-state index contributed by atoms with van der Waals surface area (Å²) in [6.45, 7) is 4.50. The number of likely N-dealkylation sites (tertiary alicyclic amines) is 1. The highest BCUT2D eigenvalue weighted by Gasteiger charge is 2.34. The van der Waals surface area contributed by atoms with Crippen LogP contribution in [0.5, 0.6) is 0 Å². The van der Waals surface area contributed by atoms with Gasteiger partial charge in [-0.15, -0.1) is 10.2 Å². The number of nitrogens with zero attached hydrogens (tertiary/aromatic N) is 4. The van der Waals surface area contributed by atoms with E-state index in [1.165, 1.54) is 32.4 Å². The van der Waals surface area contributed by atoms with Gasteiger partial charge in [0.25, 0.3) is 0 Å². The minimum Gasteiger partial charge on any atom is -0.303 e. The zero-order valence-electron chi connectivity index (χ0n) is 9.56. The van der Waals surface area contributed by atoms with Crippen LogP contribution in [0.2, 0.25) is 0 Å².